The zero-order valence-corrected chi connectivity index (χ0v) is 25.2. The van der Waals surface area contributed by atoms with E-state index in [1.807, 2.05) is 24.4 Å². The molecule has 1 aliphatic rings. The zero-order valence-electron chi connectivity index (χ0n) is 22.9. The Kier molecular flexibility index (Phi) is 6.59. The third kappa shape index (κ3) is 4.78. The fraction of sp³-hybridized carbons (Fsp3) is 0.273. The van der Waals surface area contributed by atoms with Crippen LogP contribution in [0.5, 0.6) is 11.5 Å². The van der Waals surface area contributed by atoms with E-state index >= 15 is 0 Å². The van der Waals surface area contributed by atoms with Gasteiger partial charge in [-0.1, -0.05) is 20.8 Å². The second-order valence-corrected chi connectivity index (χ2v) is 12.3. The molecule has 1 unspecified atom stereocenters. The second-order valence-electron chi connectivity index (χ2n) is 11.2. The second kappa shape index (κ2) is 9.95. The van der Waals surface area contributed by atoms with Gasteiger partial charge in [-0.25, -0.2) is 0 Å². The van der Waals surface area contributed by atoms with Crippen LogP contribution >= 0.6 is 0 Å². The van der Waals surface area contributed by atoms with Crippen molar-refractivity contribution in [3.63, 3.8) is 0 Å². The number of aromatic nitrogens is 3. The molecule has 0 fully saturated rings. The Bertz CT molecular complexity index is 1740. The van der Waals surface area contributed by atoms with Crippen LogP contribution in [0.4, 0.5) is 11.5 Å². The molecule has 6 rings (SSSR count). The summed E-state index contributed by atoms with van der Waals surface area (Å²) in [6, 6.07) is 30.0. The van der Waals surface area contributed by atoms with Crippen LogP contribution in [0.2, 0.25) is 0 Å². The Balaban J connectivity index is 1.36. The Morgan fingerprint density at radius 1 is 0.949 bits per heavy atom. The van der Waals surface area contributed by atoms with Crippen LogP contribution in [-0.4, -0.2) is 20.7 Å². The van der Waals surface area contributed by atoms with Gasteiger partial charge in [0.2, 0.25) is 0 Å². The van der Waals surface area contributed by atoms with E-state index in [0.29, 0.717) is 17.4 Å². The molecule has 5 nitrogen and oxygen atoms in total. The number of benzene rings is 3. The van der Waals surface area contributed by atoms with Crippen molar-refractivity contribution < 1.29 is 24.1 Å². The fourth-order valence-electron chi connectivity index (χ4n) is 5.24. The molecule has 0 spiro atoms. The van der Waals surface area contributed by atoms with Crippen molar-refractivity contribution in [2.45, 2.75) is 45.4 Å². The summed E-state index contributed by atoms with van der Waals surface area (Å²) in [5, 5.41) is 0. The molecule has 3 aromatic carbocycles. The average Bonchev–Trinajstić information content (AvgIpc) is 3.18. The predicted octanol–water partition coefficient (Wildman–Crippen LogP) is 7.78. The van der Waals surface area contributed by atoms with Crippen molar-refractivity contribution in [2.75, 3.05) is 11.4 Å². The van der Waals surface area contributed by atoms with Gasteiger partial charge in [-0.15, -0.1) is 0 Å². The van der Waals surface area contributed by atoms with E-state index in [1.165, 1.54) is 16.6 Å². The Hall–Kier alpha value is -3.43. The van der Waals surface area contributed by atoms with Crippen LogP contribution < -0.4 is 9.64 Å². The van der Waals surface area contributed by atoms with E-state index in [1.54, 1.807) is 0 Å². The van der Waals surface area contributed by atoms with Gasteiger partial charge in [-0.05, 0) is 17.0 Å². The van der Waals surface area contributed by atoms with E-state index < -0.39 is 0 Å². The van der Waals surface area contributed by atoms with Gasteiger partial charge < -0.3 is 0 Å². The molecule has 0 radical (unpaired) electrons. The van der Waals surface area contributed by atoms with Crippen LogP contribution in [0.15, 0.2) is 72.9 Å². The normalized spacial score (nSPS) is 15.5. The minimum absolute atomic E-state index is 0.0546. The molecule has 0 N–H and O–H groups in total. The van der Waals surface area contributed by atoms with Crippen LogP contribution in [0.3, 0.4) is 0 Å². The van der Waals surface area contributed by atoms with Crippen molar-refractivity contribution in [2.24, 2.45) is 7.05 Å². The van der Waals surface area contributed by atoms with Crippen molar-refractivity contribution in [3.8, 4) is 17.2 Å². The predicted molar refractivity (Wildman–Crippen MR) is 153 cm³/mol. The number of nitrogens with zero attached hydrogens (tertiary/aromatic N) is 4. The van der Waals surface area contributed by atoms with Gasteiger partial charge in [-0.3, -0.25) is 0 Å². The summed E-state index contributed by atoms with van der Waals surface area (Å²) < 4.78 is 11.9. The van der Waals surface area contributed by atoms with Gasteiger partial charge in [0.1, 0.15) is 0 Å². The monoisotopic (exact) mass is 695 g/mol. The number of ether oxygens (including phenoxy) is 1. The van der Waals surface area contributed by atoms with Crippen molar-refractivity contribution in [1.82, 2.24) is 14.1 Å². The van der Waals surface area contributed by atoms with Crippen LogP contribution in [-0.2, 0) is 31.8 Å². The first-order valence-corrected chi connectivity index (χ1v) is 14.5. The topological polar surface area (TPSA) is 35.2 Å². The van der Waals surface area contributed by atoms with Gasteiger partial charge in [-0.2, -0.15) is 0 Å². The van der Waals surface area contributed by atoms with E-state index in [0.717, 1.165) is 39.5 Å². The molecule has 0 saturated carbocycles. The van der Waals surface area contributed by atoms with Gasteiger partial charge in [0.25, 0.3) is 0 Å². The van der Waals surface area contributed by atoms with Gasteiger partial charge in [0.05, 0.1) is 0 Å². The maximum atomic E-state index is 6.38. The van der Waals surface area contributed by atoms with Crippen molar-refractivity contribution >= 4 is 22.5 Å². The molecule has 0 aliphatic carbocycles. The quantitative estimate of drug-likeness (QED) is 0.180. The number of rotatable bonds is 4. The van der Waals surface area contributed by atoms with Crippen LogP contribution in [0.1, 0.15) is 51.2 Å². The molecule has 202 valence electrons. The third-order valence-electron chi connectivity index (χ3n) is 7.53. The number of para-hydroxylation sites is 2. The molecule has 2 aromatic heterocycles. The number of fused-ring (bicyclic) bond motifs is 2. The zero-order chi connectivity index (χ0) is 27.3. The van der Waals surface area contributed by atoms with Crippen LogP contribution in [0.25, 0.3) is 16.7 Å². The van der Waals surface area contributed by atoms with Crippen molar-refractivity contribution in [1.29, 1.82) is 0 Å². The van der Waals surface area contributed by atoms with Crippen LogP contribution in [0, 0.1) is 15.9 Å². The average molecular weight is 696 g/mol. The summed E-state index contributed by atoms with van der Waals surface area (Å²) in [6.45, 7) is 9.88. The number of hydrogen-bond donors (Lipinski definition) is 0. The maximum absolute atomic E-state index is 6.38. The standard InChI is InChI=1S/C33H32N4O.Pt/c1-23-16-18-36(32-19-24(15-17-34-32)33(2,3)4)31-21-27(13-14-28(23)31)38-26-10-8-9-25(20-26)37-22-35(5)29-11-6-7-12-30(29)37;/h6-15,17,19,23H,16,18H2,1-5H3;/q-2;. The minimum atomic E-state index is 0.0546. The number of pyridine rings is 1. The van der Waals surface area contributed by atoms with Gasteiger partial charge in [0.15, 0.2) is 0 Å². The third-order valence-corrected chi connectivity index (χ3v) is 8.80. The summed E-state index contributed by atoms with van der Waals surface area (Å²) >= 11 is 2.37. The van der Waals surface area contributed by atoms with Gasteiger partial charge >= 0.3 is 198 Å². The SMILES string of the molecule is CC1CCN(c2cc(C(C)(C)C)ccn2)c2[c-]c(Oc3[c-]c(-n4[c](=[Pt])n(C)c5ccccc54)ccc3)ccc21. The van der Waals surface area contributed by atoms with E-state index in [2.05, 4.69) is 129 Å². The summed E-state index contributed by atoms with van der Waals surface area (Å²) in [4.78, 5) is 7.03. The summed E-state index contributed by atoms with van der Waals surface area (Å²) in [7, 11) is 2.09. The molecule has 0 amide bonds. The summed E-state index contributed by atoms with van der Waals surface area (Å²) in [5.41, 5.74) is 6.88. The summed E-state index contributed by atoms with van der Waals surface area (Å²) in [5.74, 6) is 2.74. The Labute approximate surface area is 241 Å². The molecule has 3 heterocycles. The Morgan fingerprint density at radius 2 is 1.72 bits per heavy atom. The number of hydrogen-bond acceptors (Lipinski definition) is 3. The summed E-state index contributed by atoms with van der Waals surface area (Å²) in [6.07, 6.45) is 2.99. The molecule has 5 aromatic rings. The molecular formula is C33H32N4OPt-2. The molecular weight excluding hydrogens is 663 g/mol. The molecule has 1 aliphatic heterocycles. The molecule has 39 heavy (non-hydrogen) atoms. The number of aryl methyl sites for hydroxylation is 1. The first-order chi connectivity index (χ1) is 18.7. The Morgan fingerprint density at radius 3 is 2.51 bits per heavy atom. The number of imidazole rings is 1. The molecule has 1 atom stereocenters. The van der Waals surface area contributed by atoms with E-state index in [9.17, 15) is 0 Å². The fourth-order valence-corrected chi connectivity index (χ4v) is 6.07. The van der Waals surface area contributed by atoms with E-state index in [4.69, 9.17) is 9.72 Å². The van der Waals surface area contributed by atoms with Crippen molar-refractivity contribution in [3.05, 3.63) is 100.0 Å². The molecule has 6 heteroatoms. The first-order valence-electron chi connectivity index (χ1n) is 13.3. The molecule has 0 bridgehead atoms. The number of anilines is 2. The van der Waals surface area contributed by atoms with Gasteiger partial charge in [0, 0.05) is 6.20 Å². The van der Waals surface area contributed by atoms with E-state index in [-0.39, 0.29) is 5.41 Å². The molecule has 0 saturated heterocycles. The first kappa shape index (κ1) is 25.8.